The average molecular weight is 304 g/mol. The predicted molar refractivity (Wildman–Crippen MR) is 88.3 cm³/mol. The Kier molecular flexibility index (Phi) is 3.51. The second-order valence-corrected chi connectivity index (χ2v) is 9.23. The first-order valence-corrected chi connectivity index (χ1v) is 9.46. The Labute approximate surface area is 135 Å². The molecule has 2 N–H and O–H groups in total. The van der Waals surface area contributed by atoms with Gasteiger partial charge in [0, 0.05) is 0 Å². The van der Waals surface area contributed by atoms with Crippen LogP contribution in [-0.4, -0.2) is 22.9 Å². The van der Waals surface area contributed by atoms with Gasteiger partial charge in [0.1, 0.15) is 0 Å². The van der Waals surface area contributed by atoms with Crippen LogP contribution in [0.2, 0.25) is 0 Å². The topological polar surface area (TPSA) is 40.5 Å². The largest absolute Gasteiger partial charge is 0.393 e. The van der Waals surface area contributed by atoms with E-state index in [-0.39, 0.29) is 18.1 Å². The van der Waals surface area contributed by atoms with Gasteiger partial charge in [-0.25, -0.2) is 0 Å². The molecule has 124 valence electrons. The van der Waals surface area contributed by atoms with Gasteiger partial charge >= 0.3 is 0 Å². The van der Waals surface area contributed by atoms with Gasteiger partial charge in [0.2, 0.25) is 0 Å². The minimum absolute atomic E-state index is 0.0664. The maximum Gasteiger partial charge on any atom is 0.0641 e. The number of aliphatic hydroxyl groups excluding tert-OH is 2. The lowest BCUT2D eigenvalue weighted by molar-refractivity contribution is -0.110. The third-order valence-electron chi connectivity index (χ3n) is 8.52. The van der Waals surface area contributed by atoms with Crippen molar-refractivity contribution in [1.82, 2.24) is 0 Å². The minimum Gasteiger partial charge on any atom is -0.393 e. The Bertz CT molecular complexity index is 484. The van der Waals surface area contributed by atoms with Crippen molar-refractivity contribution in [2.24, 2.45) is 34.5 Å². The van der Waals surface area contributed by atoms with E-state index < -0.39 is 0 Å². The van der Waals surface area contributed by atoms with Crippen molar-refractivity contribution in [3.05, 3.63) is 11.6 Å². The first-order chi connectivity index (χ1) is 10.5. The lowest BCUT2D eigenvalue weighted by Gasteiger charge is -2.60. The van der Waals surface area contributed by atoms with Crippen molar-refractivity contribution in [1.29, 1.82) is 0 Å². The van der Waals surface area contributed by atoms with Crippen LogP contribution in [0.25, 0.3) is 0 Å². The zero-order valence-corrected chi connectivity index (χ0v) is 14.2. The highest BCUT2D eigenvalue weighted by Crippen LogP contribution is 2.66. The Morgan fingerprint density at radius 1 is 1.05 bits per heavy atom. The number of hydrogen-bond donors (Lipinski definition) is 2. The molecule has 3 fully saturated rings. The number of aliphatic hydroxyl groups is 2. The lowest BCUT2D eigenvalue weighted by Crippen LogP contribution is -2.53. The summed E-state index contributed by atoms with van der Waals surface area (Å²) in [5.41, 5.74) is 1.86. The van der Waals surface area contributed by atoms with Gasteiger partial charge in [-0.2, -0.15) is 0 Å². The summed E-state index contributed by atoms with van der Waals surface area (Å²) >= 11 is 0. The molecule has 0 spiro atoms. The summed E-state index contributed by atoms with van der Waals surface area (Å²) in [4.78, 5) is 0. The fourth-order valence-electron chi connectivity index (χ4n) is 7.16. The molecule has 7 atom stereocenters. The summed E-state index contributed by atoms with van der Waals surface area (Å²) in [6, 6.07) is 0. The van der Waals surface area contributed by atoms with E-state index in [1.165, 1.54) is 44.1 Å². The summed E-state index contributed by atoms with van der Waals surface area (Å²) in [6.45, 7) is 5.13. The minimum atomic E-state index is -0.0664. The van der Waals surface area contributed by atoms with Crippen LogP contribution in [0, 0.1) is 34.5 Å². The summed E-state index contributed by atoms with van der Waals surface area (Å²) in [7, 11) is 0. The molecule has 22 heavy (non-hydrogen) atoms. The van der Waals surface area contributed by atoms with E-state index in [4.69, 9.17) is 0 Å². The maximum atomic E-state index is 10.5. The highest BCUT2D eigenvalue weighted by atomic mass is 16.3. The van der Waals surface area contributed by atoms with Crippen molar-refractivity contribution in [2.45, 2.75) is 71.3 Å². The fraction of sp³-hybridized carbons (Fsp3) is 0.900. The molecule has 4 aliphatic carbocycles. The normalized spacial score (nSPS) is 54.2. The molecule has 0 aliphatic heterocycles. The van der Waals surface area contributed by atoms with Crippen LogP contribution in [-0.2, 0) is 0 Å². The molecular formula is C20H32O2. The van der Waals surface area contributed by atoms with E-state index in [1.807, 2.05) is 0 Å². The molecule has 3 saturated carbocycles. The molecule has 0 bridgehead atoms. The second kappa shape index (κ2) is 5.08. The molecule has 0 aromatic carbocycles. The monoisotopic (exact) mass is 304 g/mol. The second-order valence-electron chi connectivity index (χ2n) is 9.23. The summed E-state index contributed by atoms with van der Waals surface area (Å²) in [6.07, 6.45) is 12.0. The van der Waals surface area contributed by atoms with E-state index in [9.17, 15) is 10.2 Å². The molecule has 4 aliphatic rings. The molecule has 0 unspecified atom stereocenters. The first-order valence-electron chi connectivity index (χ1n) is 9.46. The molecule has 2 nitrogen and oxygen atoms in total. The quantitative estimate of drug-likeness (QED) is 0.721. The fourth-order valence-corrected chi connectivity index (χ4v) is 7.16. The zero-order valence-electron chi connectivity index (χ0n) is 14.2. The molecule has 0 aromatic heterocycles. The third-order valence-corrected chi connectivity index (χ3v) is 8.52. The molecule has 0 aromatic rings. The molecule has 0 heterocycles. The van der Waals surface area contributed by atoms with Crippen LogP contribution in [0.3, 0.4) is 0 Å². The van der Waals surface area contributed by atoms with E-state index in [0.29, 0.717) is 5.41 Å². The molecular weight excluding hydrogens is 272 g/mol. The van der Waals surface area contributed by atoms with Gasteiger partial charge in [0.05, 0.1) is 12.7 Å². The number of rotatable bonds is 1. The lowest BCUT2D eigenvalue weighted by atomic mass is 9.45. The van der Waals surface area contributed by atoms with Gasteiger partial charge < -0.3 is 10.2 Å². The van der Waals surface area contributed by atoms with Crippen LogP contribution in [0.1, 0.15) is 65.2 Å². The van der Waals surface area contributed by atoms with Crippen LogP contribution in [0.5, 0.6) is 0 Å². The molecule has 2 heteroatoms. The third kappa shape index (κ3) is 1.92. The van der Waals surface area contributed by atoms with Crippen molar-refractivity contribution < 1.29 is 10.2 Å². The Morgan fingerprint density at radius 2 is 1.82 bits per heavy atom. The zero-order chi connectivity index (χ0) is 15.5. The van der Waals surface area contributed by atoms with Crippen molar-refractivity contribution in [3.8, 4) is 0 Å². The highest BCUT2D eigenvalue weighted by molar-refractivity contribution is 5.17. The number of hydrogen-bond acceptors (Lipinski definition) is 2. The van der Waals surface area contributed by atoms with E-state index in [1.54, 1.807) is 0 Å². The number of fused-ring (bicyclic) bond motifs is 5. The van der Waals surface area contributed by atoms with E-state index in [2.05, 4.69) is 19.9 Å². The molecule has 0 amide bonds. The van der Waals surface area contributed by atoms with E-state index >= 15 is 0 Å². The van der Waals surface area contributed by atoms with E-state index in [0.717, 1.165) is 36.5 Å². The Balaban J connectivity index is 1.64. The van der Waals surface area contributed by atoms with Gasteiger partial charge in [0.25, 0.3) is 0 Å². The van der Waals surface area contributed by atoms with Gasteiger partial charge in [-0.15, -0.1) is 0 Å². The van der Waals surface area contributed by atoms with Gasteiger partial charge in [-0.05, 0) is 91.4 Å². The van der Waals surface area contributed by atoms with Crippen molar-refractivity contribution >= 4 is 0 Å². The maximum absolute atomic E-state index is 10.5. The average Bonchev–Trinajstić information content (AvgIpc) is 2.81. The van der Waals surface area contributed by atoms with Crippen molar-refractivity contribution in [3.63, 3.8) is 0 Å². The van der Waals surface area contributed by atoms with Gasteiger partial charge in [-0.1, -0.05) is 19.9 Å². The standard InChI is InChI=1S/C20H32O2/c1-19-10-9-17-15(16(19)7-8-18(19)22)6-5-14-4-3-13(12-21)11-20(14,17)2/h3,14-18,21-22H,4-12H2,1-2H3/t14-,15+,16+,17+,18+,19+,20+/m1/s1. The molecule has 4 rings (SSSR count). The van der Waals surface area contributed by atoms with Crippen LogP contribution in [0.4, 0.5) is 0 Å². The summed E-state index contributed by atoms with van der Waals surface area (Å²) in [5, 5.41) is 20.1. The highest BCUT2D eigenvalue weighted by Gasteiger charge is 2.59. The first kappa shape index (κ1) is 15.2. The summed E-state index contributed by atoms with van der Waals surface area (Å²) in [5.74, 6) is 3.18. The Morgan fingerprint density at radius 3 is 2.59 bits per heavy atom. The van der Waals surface area contributed by atoms with Crippen LogP contribution in [0.15, 0.2) is 11.6 Å². The Hall–Kier alpha value is -0.340. The smallest absolute Gasteiger partial charge is 0.0641 e. The van der Waals surface area contributed by atoms with Gasteiger partial charge in [0.15, 0.2) is 0 Å². The van der Waals surface area contributed by atoms with Gasteiger partial charge in [-0.3, -0.25) is 0 Å². The number of allylic oxidation sites excluding steroid dienone is 1. The molecule has 0 saturated heterocycles. The molecule has 0 radical (unpaired) electrons. The predicted octanol–water partition coefficient (Wildman–Crippen LogP) is 3.92. The van der Waals surface area contributed by atoms with Crippen LogP contribution < -0.4 is 0 Å². The van der Waals surface area contributed by atoms with Crippen molar-refractivity contribution in [2.75, 3.05) is 6.61 Å². The SMILES string of the molecule is C[C@]12CC(CO)=CC[C@@H]1CC[C@@H]1[C@@H]2CC[C@]2(C)[C@@H](O)CC[C@@H]12. The summed E-state index contributed by atoms with van der Waals surface area (Å²) < 4.78 is 0. The van der Waals surface area contributed by atoms with Crippen LogP contribution >= 0.6 is 0 Å².